The zero-order valence-corrected chi connectivity index (χ0v) is 13.6. The molecule has 0 spiro atoms. The fourth-order valence-corrected chi connectivity index (χ4v) is 2.31. The van der Waals surface area contributed by atoms with E-state index in [-0.39, 0.29) is 18.3 Å². The van der Waals surface area contributed by atoms with E-state index in [1.807, 2.05) is 12.1 Å². The van der Waals surface area contributed by atoms with Crippen molar-refractivity contribution in [3.05, 3.63) is 30.0 Å². The molecule has 0 unspecified atom stereocenters. The number of ether oxygens (including phenoxy) is 2. The fraction of sp³-hybridized carbons (Fsp3) is 0.412. The van der Waals surface area contributed by atoms with Gasteiger partial charge >= 0.3 is 5.97 Å². The standard InChI is InChI=1S/C17H21NO5/c1-18(8-4-5-17(20)22-3)16(19)9-12-11-23-15-10-13(21-2)6-7-14(12)15/h6-7,10-11H,4-5,8-9H2,1-3H3. The quantitative estimate of drug-likeness (QED) is 0.733. The number of fused-ring (bicyclic) bond motifs is 1. The summed E-state index contributed by atoms with van der Waals surface area (Å²) in [5.41, 5.74) is 1.54. The van der Waals surface area contributed by atoms with E-state index < -0.39 is 0 Å². The molecular weight excluding hydrogens is 298 g/mol. The van der Waals surface area contributed by atoms with E-state index in [1.54, 1.807) is 31.4 Å². The summed E-state index contributed by atoms with van der Waals surface area (Å²) < 4.78 is 15.2. The molecule has 1 aromatic carbocycles. The summed E-state index contributed by atoms with van der Waals surface area (Å²) in [6.07, 6.45) is 2.75. The van der Waals surface area contributed by atoms with Gasteiger partial charge in [-0.3, -0.25) is 9.59 Å². The highest BCUT2D eigenvalue weighted by Gasteiger charge is 2.14. The Morgan fingerprint density at radius 3 is 2.74 bits per heavy atom. The lowest BCUT2D eigenvalue weighted by Gasteiger charge is -2.16. The summed E-state index contributed by atoms with van der Waals surface area (Å²) in [4.78, 5) is 25.0. The van der Waals surface area contributed by atoms with Crippen LogP contribution in [0.2, 0.25) is 0 Å². The number of furan rings is 1. The zero-order valence-electron chi connectivity index (χ0n) is 13.6. The first kappa shape index (κ1) is 16.9. The minimum Gasteiger partial charge on any atom is -0.497 e. The molecular formula is C17H21NO5. The Bertz CT molecular complexity index is 691. The maximum absolute atomic E-state index is 12.3. The van der Waals surface area contributed by atoms with Gasteiger partial charge in [0, 0.05) is 37.0 Å². The second-order valence-corrected chi connectivity index (χ2v) is 5.29. The molecule has 1 aromatic heterocycles. The van der Waals surface area contributed by atoms with Crippen LogP contribution >= 0.6 is 0 Å². The molecule has 124 valence electrons. The Hall–Kier alpha value is -2.50. The van der Waals surface area contributed by atoms with Gasteiger partial charge in [-0.25, -0.2) is 0 Å². The summed E-state index contributed by atoms with van der Waals surface area (Å²) in [7, 11) is 4.68. The number of rotatable bonds is 7. The van der Waals surface area contributed by atoms with Crippen molar-refractivity contribution < 1.29 is 23.5 Å². The molecule has 2 aromatic rings. The summed E-state index contributed by atoms with van der Waals surface area (Å²) in [6, 6.07) is 5.52. The monoisotopic (exact) mass is 319 g/mol. The van der Waals surface area contributed by atoms with Crippen LogP contribution in [0.25, 0.3) is 11.0 Å². The molecule has 0 fully saturated rings. The first-order valence-corrected chi connectivity index (χ1v) is 7.40. The third-order valence-corrected chi connectivity index (χ3v) is 3.73. The van der Waals surface area contributed by atoms with Crippen molar-refractivity contribution in [3.63, 3.8) is 0 Å². The van der Waals surface area contributed by atoms with Gasteiger partial charge in [-0.2, -0.15) is 0 Å². The molecule has 0 N–H and O–H groups in total. The van der Waals surface area contributed by atoms with Gasteiger partial charge < -0.3 is 18.8 Å². The fourth-order valence-electron chi connectivity index (χ4n) is 2.31. The van der Waals surface area contributed by atoms with Gasteiger partial charge in [0.05, 0.1) is 26.9 Å². The first-order valence-electron chi connectivity index (χ1n) is 7.40. The molecule has 0 saturated carbocycles. The molecule has 0 aliphatic carbocycles. The molecule has 0 aliphatic rings. The molecule has 0 bridgehead atoms. The van der Waals surface area contributed by atoms with Gasteiger partial charge in [0.25, 0.3) is 0 Å². The number of methoxy groups -OCH3 is 2. The second kappa shape index (κ2) is 7.67. The van der Waals surface area contributed by atoms with Crippen molar-refractivity contribution in [2.75, 3.05) is 27.8 Å². The Morgan fingerprint density at radius 2 is 2.04 bits per heavy atom. The van der Waals surface area contributed by atoms with Crippen molar-refractivity contribution in [2.45, 2.75) is 19.3 Å². The van der Waals surface area contributed by atoms with Crippen molar-refractivity contribution >= 4 is 22.8 Å². The topological polar surface area (TPSA) is 69.0 Å². The Labute approximate surface area is 135 Å². The molecule has 0 aliphatic heterocycles. The zero-order chi connectivity index (χ0) is 16.8. The summed E-state index contributed by atoms with van der Waals surface area (Å²) >= 11 is 0. The van der Waals surface area contributed by atoms with Gasteiger partial charge in [0.2, 0.25) is 5.91 Å². The number of carbonyl (C=O) groups excluding carboxylic acids is 2. The van der Waals surface area contributed by atoms with Crippen LogP contribution in [0.5, 0.6) is 5.75 Å². The molecule has 0 radical (unpaired) electrons. The maximum atomic E-state index is 12.3. The minimum absolute atomic E-state index is 0.0200. The molecule has 6 nitrogen and oxygen atoms in total. The highest BCUT2D eigenvalue weighted by molar-refractivity contribution is 5.88. The number of hydrogen-bond acceptors (Lipinski definition) is 5. The van der Waals surface area contributed by atoms with Crippen molar-refractivity contribution in [1.29, 1.82) is 0 Å². The van der Waals surface area contributed by atoms with E-state index >= 15 is 0 Å². The van der Waals surface area contributed by atoms with Crippen molar-refractivity contribution in [1.82, 2.24) is 4.90 Å². The van der Waals surface area contributed by atoms with E-state index in [2.05, 4.69) is 4.74 Å². The Kier molecular flexibility index (Phi) is 5.62. The van der Waals surface area contributed by atoms with Gasteiger partial charge in [0.1, 0.15) is 11.3 Å². The third kappa shape index (κ3) is 4.25. The SMILES string of the molecule is COC(=O)CCCN(C)C(=O)Cc1coc2cc(OC)ccc12. The molecule has 1 heterocycles. The maximum Gasteiger partial charge on any atom is 0.305 e. The van der Waals surface area contributed by atoms with Crippen LogP contribution in [0.15, 0.2) is 28.9 Å². The van der Waals surface area contributed by atoms with Crippen LogP contribution in [-0.4, -0.2) is 44.6 Å². The average molecular weight is 319 g/mol. The molecule has 1 amide bonds. The lowest BCUT2D eigenvalue weighted by Crippen LogP contribution is -2.29. The normalized spacial score (nSPS) is 10.6. The smallest absolute Gasteiger partial charge is 0.305 e. The lowest BCUT2D eigenvalue weighted by atomic mass is 10.1. The lowest BCUT2D eigenvalue weighted by molar-refractivity contribution is -0.141. The molecule has 6 heteroatoms. The molecule has 23 heavy (non-hydrogen) atoms. The Balaban J connectivity index is 1.95. The van der Waals surface area contributed by atoms with Crippen LogP contribution in [-0.2, 0) is 20.7 Å². The van der Waals surface area contributed by atoms with Crippen LogP contribution in [0.1, 0.15) is 18.4 Å². The third-order valence-electron chi connectivity index (χ3n) is 3.73. The second-order valence-electron chi connectivity index (χ2n) is 5.29. The predicted octanol–water partition coefficient (Wildman–Crippen LogP) is 2.40. The number of nitrogens with zero attached hydrogens (tertiary/aromatic N) is 1. The van der Waals surface area contributed by atoms with E-state index in [4.69, 9.17) is 9.15 Å². The van der Waals surface area contributed by atoms with Crippen LogP contribution < -0.4 is 4.74 Å². The highest BCUT2D eigenvalue weighted by atomic mass is 16.5. The minimum atomic E-state index is -0.263. The van der Waals surface area contributed by atoms with Gasteiger partial charge in [-0.05, 0) is 18.6 Å². The number of esters is 1. The summed E-state index contributed by atoms with van der Waals surface area (Å²) in [6.45, 7) is 0.511. The van der Waals surface area contributed by atoms with Crippen molar-refractivity contribution in [3.8, 4) is 5.75 Å². The number of amides is 1. The van der Waals surface area contributed by atoms with E-state index in [0.717, 1.165) is 10.9 Å². The highest BCUT2D eigenvalue weighted by Crippen LogP contribution is 2.26. The molecule has 2 rings (SSSR count). The van der Waals surface area contributed by atoms with E-state index in [9.17, 15) is 9.59 Å². The Morgan fingerprint density at radius 1 is 1.26 bits per heavy atom. The average Bonchev–Trinajstić information content (AvgIpc) is 2.96. The van der Waals surface area contributed by atoms with Crippen LogP contribution in [0.3, 0.4) is 0 Å². The summed E-state index contributed by atoms with van der Waals surface area (Å²) in [5, 5.41) is 0.905. The van der Waals surface area contributed by atoms with Crippen molar-refractivity contribution in [2.24, 2.45) is 0 Å². The predicted molar refractivity (Wildman–Crippen MR) is 85.4 cm³/mol. The van der Waals surface area contributed by atoms with Crippen LogP contribution in [0.4, 0.5) is 0 Å². The first-order chi connectivity index (χ1) is 11.0. The van der Waals surface area contributed by atoms with Gasteiger partial charge in [0.15, 0.2) is 0 Å². The number of hydrogen-bond donors (Lipinski definition) is 0. The van der Waals surface area contributed by atoms with Gasteiger partial charge in [-0.1, -0.05) is 0 Å². The van der Waals surface area contributed by atoms with Crippen LogP contribution in [0, 0.1) is 0 Å². The number of benzene rings is 1. The number of likely N-dealkylation sites (N-methyl/N-ethyl adjacent to an activating group) is 1. The number of carbonyl (C=O) groups is 2. The molecule has 0 atom stereocenters. The van der Waals surface area contributed by atoms with E-state index in [1.165, 1.54) is 7.11 Å². The summed E-state index contributed by atoms with van der Waals surface area (Å²) in [5.74, 6) is 0.429. The molecule has 0 saturated heterocycles. The van der Waals surface area contributed by atoms with E-state index in [0.29, 0.717) is 30.7 Å². The van der Waals surface area contributed by atoms with Gasteiger partial charge in [-0.15, -0.1) is 0 Å². The largest absolute Gasteiger partial charge is 0.497 e.